The summed E-state index contributed by atoms with van der Waals surface area (Å²) >= 11 is 1.73. The van der Waals surface area contributed by atoms with Crippen LogP contribution in [-0.4, -0.2) is 67.2 Å². The number of ether oxygens (including phenoxy) is 2. The predicted molar refractivity (Wildman–Crippen MR) is 138 cm³/mol. The molecule has 4 rings (SSSR count). The molecule has 2 aliphatic heterocycles. The highest BCUT2D eigenvalue weighted by Crippen LogP contribution is 2.34. The standard InChI is InChI=1S/C27H37N3O4S/c1-4-28-27(32)29(16-22-6-5-14-33-22)17-26(31)30-13-11-25-23(12-15-35-25)24(30)18-34-21-9-7-20(8-10-21)19(2)3/h7-10,12,15,19,22,24H,4-6,11,13-14,16-18H2,1-3H3,(H,28,32)/t22-,24+/m0/s1. The molecular formula is C27H37N3O4S. The third-order valence-electron chi connectivity index (χ3n) is 6.76. The maximum atomic E-state index is 13.6. The van der Waals surface area contributed by atoms with Gasteiger partial charge in [0, 0.05) is 31.1 Å². The first kappa shape index (κ1) is 25.5. The Morgan fingerprint density at radius 1 is 1.26 bits per heavy atom. The number of amides is 3. The molecule has 0 saturated carbocycles. The minimum absolute atomic E-state index is 0.0109. The normalized spacial score (nSPS) is 19.5. The van der Waals surface area contributed by atoms with E-state index in [1.165, 1.54) is 10.4 Å². The summed E-state index contributed by atoms with van der Waals surface area (Å²) < 4.78 is 11.9. The van der Waals surface area contributed by atoms with Crippen LogP contribution in [0.2, 0.25) is 0 Å². The SMILES string of the molecule is CCNC(=O)N(CC(=O)N1CCc2sccc2[C@H]1COc1ccc(C(C)C)cc1)C[C@@H]1CCCO1. The Labute approximate surface area is 212 Å². The van der Waals surface area contributed by atoms with Gasteiger partial charge >= 0.3 is 6.03 Å². The summed E-state index contributed by atoms with van der Waals surface area (Å²) in [5.41, 5.74) is 2.42. The fraction of sp³-hybridized carbons (Fsp3) is 0.556. The third kappa shape index (κ3) is 6.35. The number of nitrogens with zero attached hydrogens (tertiary/aromatic N) is 2. The van der Waals surface area contributed by atoms with Crippen molar-refractivity contribution in [1.29, 1.82) is 0 Å². The molecule has 190 valence electrons. The van der Waals surface area contributed by atoms with Gasteiger partial charge in [0.05, 0.1) is 12.1 Å². The van der Waals surface area contributed by atoms with Gasteiger partial charge in [0.1, 0.15) is 18.9 Å². The van der Waals surface area contributed by atoms with Gasteiger partial charge in [-0.3, -0.25) is 4.79 Å². The minimum atomic E-state index is -0.220. The Balaban J connectivity index is 1.47. The Bertz CT molecular complexity index is 985. The number of hydrogen-bond donors (Lipinski definition) is 1. The molecule has 0 radical (unpaired) electrons. The van der Waals surface area contributed by atoms with E-state index in [1.54, 1.807) is 16.2 Å². The zero-order valence-electron chi connectivity index (χ0n) is 21.0. The summed E-state index contributed by atoms with van der Waals surface area (Å²) in [7, 11) is 0. The molecule has 1 aromatic heterocycles. The maximum Gasteiger partial charge on any atom is 0.317 e. The molecule has 2 aromatic rings. The minimum Gasteiger partial charge on any atom is -0.491 e. The van der Waals surface area contributed by atoms with Gasteiger partial charge in [0.25, 0.3) is 0 Å². The van der Waals surface area contributed by atoms with E-state index in [-0.39, 0.29) is 30.6 Å². The van der Waals surface area contributed by atoms with Crippen molar-refractivity contribution >= 4 is 23.3 Å². The first-order valence-corrected chi connectivity index (χ1v) is 13.6. The number of rotatable bonds is 9. The van der Waals surface area contributed by atoms with E-state index in [4.69, 9.17) is 9.47 Å². The van der Waals surface area contributed by atoms with Crippen LogP contribution >= 0.6 is 11.3 Å². The molecule has 1 N–H and O–H groups in total. The zero-order chi connectivity index (χ0) is 24.8. The number of thiophene rings is 1. The van der Waals surface area contributed by atoms with Crippen molar-refractivity contribution in [3.05, 3.63) is 51.7 Å². The summed E-state index contributed by atoms with van der Waals surface area (Å²) in [6, 6.07) is 9.88. The van der Waals surface area contributed by atoms with Gasteiger partial charge in [-0.05, 0) is 66.8 Å². The molecule has 0 spiro atoms. The van der Waals surface area contributed by atoms with Crippen molar-refractivity contribution in [2.45, 2.75) is 58.1 Å². The Kier molecular flexibility index (Phi) is 8.68. The zero-order valence-corrected chi connectivity index (χ0v) is 21.8. The van der Waals surface area contributed by atoms with E-state index in [9.17, 15) is 9.59 Å². The molecule has 1 saturated heterocycles. The van der Waals surface area contributed by atoms with Crippen LogP contribution in [0.5, 0.6) is 5.75 Å². The van der Waals surface area contributed by atoms with Gasteiger partial charge in [-0.25, -0.2) is 4.79 Å². The molecule has 1 fully saturated rings. The molecular weight excluding hydrogens is 462 g/mol. The van der Waals surface area contributed by atoms with Crippen molar-refractivity contribution in [3.63, 3.8) is 0 Å². The largest absolute Gasteiger partial charge is 0.491 e. The average Bonchev–Trinajstić information content (AvgIpc) is 3.54. The van der Waals surface area contributed by atoms with Crippen LogP contribution < -0.4 is 10.1 Å². The Hall–Kier alpha value is -2.58. The van der Waals surface area contributed by atoms with E-state index in [0.717, 1.165) is 30.6 Å². The van der Waals surface area contributed by atoms with Gasteiger partial charge in [-0.1, -0.05) is 26.0 Å². The summed E-state index contributed by atoms with van der Waals surface area (Å²) in [5.74, 6) is 1.20. The van der Waals surface area contributed by atoms with Gasteiger partial charge in [0.2, 0.25) is 5.91 Å². The quantitative estimate of drug-likeness (QED) is 0.548. The topological polar surface area (TPSA) is 71.1 Å². The van der Waals surface area contributed by atoms with Crippen molar-refractivity contribution in [3.8, 4) is 5.75 Å². The average molecular weight is 500 g/mol. The smallest absolute Gasteiger partial charge is 0.317 e. The second-order valence-corrected chi connectivity index (χ2v) is 10.5. The van der Waals surface area contributed by atoms with Gasteiger partial charge in [-0.15, -0.1) is 11.3 Å². The summed E-state index contributed by atoms with van der Waals surface area (Å²) in [5, 5.41) is 4.93. The van der Waals surface area contributed by atoms with Crippen LogP contribution in [0.4, 0.5) is 4.79 Å². The lowest BCUT2D eigenvalue weighted by atomic mass is 10.00. The van der Waals surface area contributed by atoms with Crippen molar-refractivity contribution in [1.82, 2.24) is 15.1 Å². The van der Waals surface area contributed by atoms with Crippen LogP contribution in [0.25, 0.3) is 0 Å². The van der Waals surface area contributed by atoms with E-state index in [1.807, 2.05) is 24.0 Å². The van der Waals surface area contributed by atoms with E-state index >= 15 is 0 Å². The lowest BCUT2D eigenvalue weighted by Crippen LogP contribution is -2.51. The Morgan fingerprint density at radius 2 is 2.06 bits per heavy atom. The van der Waals surface area contributed by atoms with Crippen LogP contribution in [0.15, 0.2) is 35.7 Å². The predicted octanol–water partition coefficient (Wildman–Crippen LogP) is 4.59. The summed E-state index contributed by atoms with van der Waals surface area (Å²) in [6.07, 6.45) is 2.72. The molecule has 2 atom stereocenters. The molecule has 1 aromatic carbocycles. The second kappa shape index (κ2) is 11.9. The maximum absolute atomic E-state index is 13.6. The van der Waals surface area contributed by atoms with Crippen molar-refractivity contribution in [2.24, 2.45) is 0 Å². The van der Waals surface area contributed by atoms with Gasteiger partial charge < -0.3 is 24.6 Å². The van der Waals surface area contributed by atoms with Crippen LogP contribution in [-0.2, 0) is 16.0 Å². The lowest BCUT2D eigenvalue weighted by Gasteiger charge is -2.37. The van der Waals surface area contributed by atoms with Crippen LogP contribution in [0.3, 0.4) is 0 Å². The van der Waals surface area contributed by atoms with Crippen molar-refractivity contribution in [2.75, 3.05) is 39.4 Å². The molecule has 0 aliphatic carbocycles. The number of fused-ring (bicyclic) bond motifs is 1. The second-order valence-electron chi connectivity index (χ2n) is 9.54. The van der Waals surface area contributed by atoms with Gasteiger partial charge in [-0.2, -0.15) is 0 Å². The highest BCUT2D eigenvalue weighted by molar-refractivity contribution is 7.10. The number of hydrogen-bond acceptors (Lipinski definition) is 5. The lowest BCUT2D eigenvalue weighted by molar-refractivity contribution is -0.135. The first-order valence-electron chi connectivity index (χ1n) is 12.7. The number of benzene rings is 1. The molecule has 0 unspecified atom stereocenters. The fourth-order valence-corrected chi connectivity index (χ4v) is 5.70. The number of nitrogens with one attached hydrogen (secondary N) is 1. The Morgan fingerprint density at radius 3 is 2.74 bits per heavy atom. The number of urea groups is 1. The molecule has 3 heterocycles. The first-order chi connectivity index (χ1) is 17.0. The van der Waals surface area contributed by atoms with E-state index in [2.05, 4.69) is 42.7 Å². The van der Waals surface area contributed by atoms with Crippen molar-refractivity contribution < 1.29 is 19.1 Å². The molecule has 0 bridgehead atoms. The van der Waals surface area contributed by atoms with Crippen LogP contribution in [0, 0.1) is 0 Å². The number of carbonyl (C=O) groups is 2. The summed E-state index contributed by atoms with van der Waals surface area (Å²) in [6.45, 7) is 8.91. The van der Waals surface area contributed by atoms with E-state index in [0.29, 0.717) is 38.8 Å². The fourth-order valence-electron chi connectivity index (χ4n) is 4.77. The number of carbonyl (C=O) groups excluding carboxylic acids is 2. The van der Waals surface area contributed by atoms with E-state index < -0.39 is 0 Å². The third-order valence-corrected chi connectivity index (χ3v) is 7.76. The molecule has 7 nitrogen and oxygen atoms in total. The molecule has 2 aliphatic rings. The molecule has 8 heteroatoms. The highest BCUT2D eigenvalue weighted by Gasteiger charge is 2.34. The molecule has 35 heavy (non-hydrogen) atoms. The highest BCUT2D eigenvalue weighted by atomic mass is 32.1. The van der Waals surface area contributed by atoms with Crippen LogP contribution in [0.1, 0.15) is 61.6 Å². The monoisotopic (exact) mass is 499 g/mol. The van der Waals surface area contributed by atoms with Gasteiger partial charge in [0.15, 0.2) is 0 Å². The molecule has 3 amide bonds. The summed E-state index contributed by atoms with van der Waals surface area (Å²) in [4.78, 5) is 31.1.